The number of ether oxygens (including phenoxy) is 4. The van der Waals surface area contributed by atoms with Crippen LogP contribution in [-0.2, 0) is 38.1 Å². The summed E-state index contributed by atoms with van der Waals surface area (Å²) in [5, 5.41) is 13.1. The number of nitrogens with zero attached hydrogens (tertiary/aromatic N) is 1. The molecule has 4 aliphatic rings. The highest BCUT2D eigenvalue weighted by molar-refractivity contribution is 5.91. The van der Waals surface area contributed by atoms with E-state index in [1.54, 1.807) is 31.7 Å². The number of unbranched alkanes of at least 4 members (excludes halogenated alkanes) is 1. The maximum Gasteiger partial charge on any atom is 0.407 e. The van der Waals surface area contributed by atoms with Crippen molar-refractivity contribution in [2.24, 2.45) is 23.7 Å². The minimum atomic E-state index is -1.07. The molecule has 1 aliphatic heterocycles. The topological polar surface area (TPSA) is 220 Å². The van der Waals surface area contributed by atoms with Crippen molar-refractivity contribution in [1.29, 1.82) is 0 Å². The van der Waals surface area contributed by atoms with Crippen molar-refractivity contribution in [1.82, 2.24) is 31.5 Å². The number of benzene rings is 4. The van der Waals surface area contributed by atoms with Crippen LogP contribution < -0.4 is 26.6 Å². The maximum absolute atomic E-state index is 13.6. The van der Waals surface area contributed by atoms with Crippen molar-refractivity contribution >= 4 is 42.0 Å². The largest absolute Gasteiger partial charge is 0.460 e. The van der Waals surface area contributed by atoms with E-state index >= 15 is 0 Å². The Balaban J connectivity index is 0.753. The highest BCUT2D eigenvalue weighted by Crippen LogP contribution is 2.48. The molecule has 5 atom stereocenters. The average molecular weight is 1040 g/mol. The molecule has 1 heterocycles. The second-order valence-electron chi connectivity index (χ2n) is 20.7. The first-order chi connectivity index (χ1) is 36.7. The summed E-state index contributed by atoms with van der Waals surface area (Å²) in [5.74, 6) is -1.86. The molecule has 0 aromatic heterocycles. The normalized spacial score (nSPS) is 18.5. The van der Waals surface area contributed by atoms with Gasteiger partial charge in [0.25, 0.3) is 0 Å². The highest BCUT2D eigenvalue weighted by atomic mass is 16.6. The molecule has 6 amide bonds. The summed E-state index contributed by atoms with van der Waals surface area (Å²) in [6.07, 6.45) is 5.53. The Morgan fingerprint density at radius 2 is 1.17 bits per heavy atom. The van der Waals surface area contributed by atoms with E-state index in [1.165, 1.54) is 0 Å². The van der Waals surface area contributed by atoms with Crippen LogP contribution in [0, 0.1) is 23.7 Å². The Hall–Kier alpha value is -7.95. The SMILES string of the molecule is C=C[C@@H]1C[C@H](/C=C/COC(=O)CNC(=O)OCC2c3ccccc3-c3ccccc32)[C@@H]2CN(C(=O)CNC(=O)CNC(=O)[C@H](CCCCNC(=O)OC(C)(C)C)NC(=O)OCC3c4ccccc4-c4ccccc43)C[C@@H]21. The van der Waals surface area contributed by atoms with Crippen LogP contribution in [0.2, 0.25) is 0 Å². The summed E-state index contributed by atoms with van der Waals surface area (Å²) in [6.45, 7) is 9.67. The number of allylic oxidation sites excluding steroid dienone is 2. The van der Waals surface area contributed by atoms with Crippen molar-refractivity contribution in [2.75, 3.05) is 59.1 Å². The van der Waals surface area contributed by atoms with Gasteiger partial charge in [0.2, 0.25) is 17.7 Å². The van der Waals surface area contributed by atoms with Crippen LogP contribution in [0.4, 0.5) is 14.4 Å². The number of fused-ring (bicyclic) bond motifs is 7. The lowest BCUT2D eigenvalue weighted by molar-refractivity contribution is -0.141. The number of likely N-dealkylation sites (tertiary alicyclic amines) is 1. The Labute approximate surface area is 443 Å². The third-order valence-corrected chi connectivity index (χ3v) is 14.6. The van der Waals surface area contributed by atoms with E-state index in [9.17, 15) is 33.6 Å². The zero-order valence-electron chi connectivity index (χ0n) is 43.3. The summed E-state index contributed by atoms with van der Waals surface area (Å²) in [4.78, 5) is 92.4. The van der Waals surface area contributed by atoms with E-state index in [-0.39, 0.29) is 87.3 Å². The van der Waals surface area contributed by atoms with Gasteiger partial charge in [0.05, 0.1) is 13.1 Å². The molecule has 4 aromatic rings. The van der Waals surface area contributed by atoms with E-state index in [4.69, 9.17) is 18.9 Å². The number of hydrogen-bond acceptors (Lipinski definition) is 11. The molecular weight excluding hydrogens is 969 g/mol. The third-order valence-electron chi connectivity index (χ3n) is 14.6. The van der Waals surface area contributed by atoms with E-state index < -0.39 is 54.3 Å². The van der Waals surface area contributed by atoms with Gasteiger partial charge in [-0.3, -0.25) is 19.2 Å². The molecule has 5 N–H and O–H groups in total. The molecule has 1 saturated carbocycles. The highest BCUT2D eigenvalue weighted by Gasteiger charge is 2.47. The van der Waals surface area contributed by atoms with Gasteiger partial charge in [-0.25, -0.2) is 14.4 Å². The first-order valence-corrected chi connectivity index (χ1v) is 26.1. The molecule has 1 saturated heterocycles. The standard InChI is InChI=1S/C59H68N6O11/c1-5-37-29-38(17-16-28-73-54(68)32-63-56(70)74-35-49-43-22-10-6-18-39(43)40-19-7-11-23-44(40)49)48-34-65(33-47(37)48)53(67)31-61-52(66)30-62-55(69)51(26-14-15-27-60-57(71)76-59(2,3)4)64-58(72)75-36-50-45-24-12-8-20-41(45)42-21-9-13-25-46(42)50/h5-13,16-25,37-38,47-51H,1,14-15,26-36H2,2-4H3,(H,60,71)(H,61,66)(H,62,69)(H,63,70)(H,64,72)/b17-16+/t37-,38+,47-,48+,51+/m1/s1. The molecule has 76 heavy (non-hydrogen) atoms. The number of hydrogen-bond donors (Lipinski definition) is 5. The molecule has 17 heteroatoms. The van der Waals surface area contributed by atoms with Crippen LogP contribution in [0.3, 0.4) is 0 Å². The van der Waals surface area contributed by atoms with Gasteiger partial charge in [-0.1, -0.05) is 115 Å². The van der Waals surface area contributed by atoms with Gasteiger partial charge in [0.15, 0.2) is 0 Å². The van der Waals surface area contributed by atoms with Crippen molar-refractivity contribution in [2.45, 2.75) is 69.9 Å². The Kier molecular flexibility index (Phi) is 17.9. The number of rotatable bonds is 21. The monoisotopic (exact) mass is 1040 g/mol. The van der Waals surface area contributed by atoms with Gasteiger partial charge in [-0.15, -0.1) is 6.58 Å². The molecule has 0 radical (unpaired) electrons. The third kappa shape index (κ3) is 13.7. The number of amides is 6. The minimum absolute atomic E-state index is 0.00259. The lowest BCUT2D eigenvalue weighted by Crippen LogP contribution is -2.50. The zero-order valence-corrected chi connectivity index (χ0v) is 43.3. The van der Waals surface area contributed by atoms with Crippen LogP contribution in [0.25, 0.3) is 22.3 Å². The Bertz CT molecular complexity index is 2730. The van der Waals surface area contributed by atoms with Crippen LogP contribution in [0.1, 0.15) is 80.5 Å². The molecule has 400 valence electrons. The number of alkyl carbamates (subject to hydrolysis) is 3. The predicted molar refractivity (Wildman–Crippen MR) is 285 cm³/mol. The molecule has 0 bridgehead atoms. The minimum Gasteiger partial charge on any atom is -0.460 e. The molecule has 2 fully saturated rings. The van der Waals surface area contributed by atoms with E-state index in [0.29, 0.717) is 25.9 Å². The number of esters is 1. The molecule has 0 unspecified atom stereocenters. The second-order valence-corrected chi connectivity index (χ2v) is 20.7. The molecule has 8 rings (SSSR count). The summed E-state index contributed by atoms with van der Waals surface area (Å²) in [5.41, 5.74) is 7.98. The maximum atomic E-state index is 13.6. The Morgan fingerprint density at radius 3 is 1.72 bits per heavy atom. The van der Waals surface area contributed by atoms with Gasteiger partial charge in [0.1, 0.15) is 38.0 Å². The van der Waals surface area contributed by atoms with E-state index in [2.05, 4.69) is 45.3 Å². The summed E-state index contributed by atoms with van der Waals surface area (Å²) < 4.78 is 21.9. The van der Waals surface area contributed by atoms with Gasteiger partial charge >= 0.3 is 24.2 Å². The second kappa shape index (κ2) is 25.1. The van der Waals surface area contributed by atoms with Crippen LogP contribution in [-0.4, -0.2) is 118 Å². The fraction of sp³-hybridized carbons (Fsp3) is 0.407. The Morgan fingerprint density at radius 1 is 0.632 bits per heavy atom. The molecule has 0 spiro atoms. The summed E-state index contributed by atoms with van der Waals surface area (Å²) in [6, 6.07) is 30.9. The summed E-state index contributed by atoms with van der Waals surface area (Å²) in [7, 11) is 0. The average Bonchev–Trinajstić information content (AvgIpc) is 4.21. The number of carbonyl (C=O) groups excluding carboxylic acids is 7. The fourth-order valence-electron chi connectivity index (χ4n) is 11.0. The molecular formula is C59H68N6O11. The van der Waals surface area contributed by atoms with Crippen molar-refractivity contribution < 1.29 is 52.5 Å². The van der Waals surface area contributed by atoms with Gasteiger partial charge in [0, 0.05) is 31.5 Å². The lowest BCUT2D eigenvalue weighted by Gasteiger charge is -2.21. The van der Waals surface area contributed by atoms with E-state index in [1.807, 2.05) is 97.1 Å². The quantitative estimate of drug-likeness (QED) is 0.0240. The zero-order chi connectivity index (χ0) is 53.8. The first-order valence-electron chi connectivity index (χ1n) is 26.1. The predicted octanol–water partition coefficient (Wildman–Crippen LogP) is 7.36. The van der Waals surface area contributed by atoms with E-state index in [0.717, 1.165) is 50.9 Å². The lowest BCUT2D eigenvalue weighted by atomic mass is 9.90. The molecule has 4 aromatic carbocycles. The molecule has 17 nitrogen and oxygen atoms in total. The van der Waals surface area contributed by atoms with Gasteiger partial charge in [-0.05, 0) is 115 Å². The van der Waals surface area contributed by atoms with Crippen LogP contribution >= 0.6 is 0 Å². The fourth-order valence-corrected chi connectivity index (χ4v) is 11.0. The van der Waals surface area contributed by atoms with Gasteiger partial charge in [-0.2, -0.15) is 0 Å². The number of nitrogens with one attached hydrogen (secondary N) is 5. The van der Waals surface area contributed by atoms with Crippen LogP contribution in [0.5, 0.6) is 0 Å². The van der Waals surface area contributed by atoms with Crippen LogP contribution in [0.15, 0.2) is 122 Å². The summed E-state index contributed by atoms with van der Waals surface area (Å²) >= 11 is 0. The van der Waals surface area contributed by atoms with Crippen molar-refractivity contribution in [3.8, 4) is 22.3 Å². The van der Waals surface area contributed by atoms with Gasteiger partial charge < -0.3 is 50.4 Å². The van der Waals surface area contributed by atoms with Crippen molar-refractivity contribution in [3.63, 3.8) is 0 Å². The smallest absolute Gasteiger partial charge is 0.407 e. The first kappa shape index (κ1) is 54.3. The molecule has 3 aliphatic carbocycles. The number of carbonyl (C=O) groups is 7. The van der Waals surface area contributed by atoms with Crippen molar-refractivity contribution in [3.05, 3.63) is 144 Å².